The first kappa shape index (κ1) is 15.4. The topological polar surface area (TPSA) is 43.4 Å². The number of methoxy groups -OCH3 is 1. The molecular formula is C20H18O3. The van der Waals surface area contributed by atoms with Crippen molar-refractivity contribution in [3.8, 4) is 0 Å². The molecule has 3 rings (SSSR count). The molecule has 2 aromatic rings. The van der Waals surface area contributed by atoms with E-state index in [2.05, 4.69) is 0 Å². The minimum atomic E-state index is -0.585. The molecule has 0 saturated carbocycles. The monoisotopic (exact) mass is 306 g/mol. The van der Waals surface area contributed by atoms with Crippen molar-refractivity contribution in [3.63, 3.8) is 0 Å². The van der Waals surface area contributed by atoms with Gasteiger partial charge in [-0.3, -0.25) is 9.59 Å². The summed E-state index contributed by atoms with van der Waals surface area (Å²) in [6, 6.07) is 18.9. The van der Waals surface area contributed by atoms with Crippen LogP contribution in [0.1, 0.15) is 22.3 Å². The number of carbonyl (C=O) groups is 2. The van der Waals surface area contributed by atoms with E-state index in [4.69, 9.17) is 4.74 Å². The minimum Gasteiger partial charge on any atom is -0.373 e. The highest BCUT2D eigenvalue weighted by molar-refractivity contribution is 6.08. The van der Waals surface area contributed by atoms with E-state index in [1.54, 1.807) is 18.2 Å². The van der Waals surface area contributed by atoms with E-state index in [0.29, 0.717) is 5.56 Å². The van der Waals surface area contributed by atoms with E-state index in [1.165, 1.54) is 7.11 Å². The number of carbonyl (C=O) groups excluding carboxylic acids is 2. The summed E-state index contributed by atoms with van der Waals surface area (Å²) in [4.78, 5) is 24.8. The van der Waals surface area contributed by atoms with Crippen LogP contribution < -0.4 is 0 Å². The van der Waals surface area contributed by atoms with Gasteiger partial charge in [-0.1, -0.05) is 60.7 Å². The Hall–Kier alpha value is -2.52. The first-order valence-electron chi connectivity index (χ1n) is 7.62. The number of hydrogen-bond acceptors (Lipinski definition) is 3. The van der Waals surface area contributed by atoms with E-state index in [0.717, 1.165) is 11.1 Å². The Labute approximate surface area is 135 Å². The van der Waals surface area contributed by atoms with Crippen LogP contribution in [0, 0.1) is 5.92 Å². The molecule has 0 N–H and O–H groups in total. The lowest BCUT2D eigenvalue weighted by Crippen LogP contribution is -2.27. The van der Waals surface area contributed by atoms with Gasteiger partial charge in [0.15, 0.2) is 11.6 Å². The molecule has 3 nitrogen and oxygen atoms in total. The third-order valence-corrected chi connectivity index (χ3v) is 4.21. The Morgan fingerprint density at radius 1 is 1.00 bits per heavy atom. The zero-order chi connectivity index (χ0) is 16.2. The first-order valence-corrected chi connectivity index (χ1v) is 7.62. The van der Waals surface area contributed by atoms with Gasteiger partial charge < -0.3 is 4.74 Å². The molecule has 0 fully saturated rings. The van der Waals surface area contributed by atoms with Crippen LogP contribution >= 0.6 is 0 Å². The maximum atomic E-state index is 12.6. The van der Waals surface area contributed by atoms with Crippen LogP contribution in [-0.2, 0) is 9.53 Å². The normalized spacial score (nSPS) is 20.4. The summed E-state index contributed by atoms with van der Waals surface area (Å²) in [5.74, 6) is -0.297. The number of rotatable bonds is 5. The zero-order valence-corrected chi connectivity index (χ0v) is 12.9. The molecule has 0 heterocycles. The van der Waals surface area contributed by atoms with E-state index in [1.807, 2.05) is 48.5 Å². The van der Waals surface area contributed by atoms with Crippen molar-refractivity contribution in [2.45, 2.75) is 12.5 Å². The summed E-state index contributed by atoms with van der Waals surface area (Å²) in [6.07, 6.45) is 1.29. The largest absolute Gasteiger partial charge is 0.373 e. The average molecular weight is 306 g/mol. The molecule has 0 aromatic heterocycles. The highest BCUT2D eigenvalue weighted by atomic mass is 16.5. The number of Topliss-reactive ketones (excluding diaryl/α,β-unsaturated/α-hetero) is 1. The minimum absolute atomic E-state index is 0.0224. The molecule has 0 radical (unpaired) electrons. The zero-order valence-electron chi connectivity index (χ0n) is 12.9. The van der Waals surface area contributed by atoms with Crippen LogP contribution in [0.25, 0.3) is 5.57 Å². The Bertz CT molecular complexity index is 732. The van der Waals surface area contributed by atoms with Gasteiger partial charge in [0.1, 0.15) is 6.10 Å². The fourth-order valence-corrected chi connectivity index (χ4v) is 3.07. The van der Waals surface area contributed by atoms with Gasteiger partial charge in [0.05, 0.1) is 0 Å². The molecule has 0 saturated heterocycles. The Balaban J connectivity index is 1.89. The van der Waals surface area contributed by atoms with Crippen LogP contribution in [0.15, 0.2) is 66.7 Å². The number of hydrogen-bond donors (Lipinski definition) is 0. The van der Waals surface area contributed by atoms with Crippen molar-refractivity contribution in [2.24, 2.45) is 5.92 Å². The Kier molecular flexibility index (Phi) is 4.49. The molecule has 116 valence electrons. The van der Waals surface area contributed by atoms with Gasteiger partial charge in [0.25, 0.3) is 0 Å². The van der Waals surface area contributed by atoms with E-state index < -0.39 is 6.10 Å². The molecule has 2 aromatic carbocycles. The highest BCUT2D eigenvalue weighted by Crippen LogP contribution is 2.36. The van der Waals surface area contributed by atoms with Gasteiger partial charge in [-0.05, 0) is 17.2 Å². The smallest absolute Gasteiger partial charge is 0.185 e. The second-order valence-corrected chi connectivity index (χ2v) is 5.62. The van der Waals surface area contributed by atoms with Gasteiger partial charge in [-0.25, -0.2) is 0 Å². The van der Waals surface area contributed by atoms with E-state index in [-0.39, 0.29) is 23.9 Å². The molecule has 1 aliphatic rings. The SMILES string of the molecule is CO[C@@H]1C(=O)C=C(c2ccccc2)[C@H]1CC(=O)c1ccccc1. The van der Waals surface area contributed by atoms with Crippen molar-refractivity contribution >= 4 is 17.1 Å². The van der Waals surface area contributed by atoms with Crippen LogP contribution in [0.5, 0.6) is 0 Å². The lowest BCUT2D eigenvalue weighted by molar-refractivity contribution is -0.124. The lowest BCUT2D eigenvalue weighted by atomic mass is 9.87. The fourth-order valence-electron chi connectivity index (χ4n) is 3.07. The molecule has 1 aliphatic carbocycles. The molecule has 23 heavy (non-hydrogen) atoms. The Morgan fingerprint density at radius 3 is 2.22 bits per heavy atom. The summed E-state index contributed by atoms with van der Waals surface area (Å²) >= 11 is 0. The van der Waals surface area contributed by atoms with Crippen molar-refractivity contribution in [1.82, 2.24) is 0 Å². The van der Waals surface area contributed by atoms with Gasteiger partial charge in [0.2, 0.25) is 0 Å². The summed E-state index contributed by atoms with van der Waals surface area (Å²) in [7, 11) is 1.52. The number of benzene rings is 2. The second-order valence-electron chi connectivity index (χ2n) is 5.62. The van der Waals surface area contributed by atoms with Gasteiger partial charge in [-0.15, -0.1) is 0 Å². The molecule has 3 heteroatoms. The van der Waals surface area contributed by atoms with Crippen molar-refractivity contribution < 1.29 is 14.3 Å². The quantitative estimate of drug-likeness (QED) is 0.793. The molecule has 0 unspecified atom stereocenters. The third kappa shape index (κ3) is 3.15. The van der Waals surface area contributed by atoms with Gasteiger partial charge in [0, 0.05) is 25.0 Å². The Morgan fingerprint density at radius 2 is 1.61 bits per heavy atom. The maximum Gasteiger partial charge on any atom is 0.185 e. The van der Waals surface area contributed by atoms with E-state index >= 15 is 0 Å². The van der Waals surface area contributed by atoms with Crippen LogP contribution in [-0.4, -0.2) is 24.8 Å². The van der Waals surface area contributed by atoms with Crippen LogP contribution in [0.2, 0.25) is 0 Å². The predicted octanol–water partition coefficient (Wildman–Crippen LogP) is 3.56. The predicted molar refractivity (Wildman–Crippen MR) is 89.1 cm³/mol. The fraction of sp³-hybridized carbons (Fsp3) is 0.200. The molecule has 0 amide bonds. The molecular weight excluding hydrogens is 288 g/mol. The van der Waals surface area contributed by atoms with Gasteiger partial charge >= 0.3 is 0 Å². The second kappa shape index (κ2) is 6.71. The van der Waals surface area contributed by atoms with Crippen LogP contribution in [0.4, 0.5) is 0 Å². The summed E-state index contributed by atoms with van der Waals surface area (Å²) < 4.78 is 5.37. The average Bonchev–Trinajstić information content (AvgIpc) is 2.92. The molecule has 2 atom stereocenters. The lowest BCUT2D eigenvalue weighted by Gasteiger charge is -2.20. The highest BCUT2D eigenvalue weighted by Gasteiger charge is 2.38. The molecule has 0 aliphatic heterocycles. The third-order valence-electron chi connectivity index (χ3n) is 4.21. The van der Waals surface area contributed by atoms with Gasteiger partial charge in [-0.2, -0.15) is 0 Å². The molecule has 0 bridgehead atoms. The van der Waals surface area contributed by atoms with Crippen molar-refractivity contribution in [1.29, 1.82) is 0 Å². The number of ether oxygens (including phenoxy) is 1. The van der Waals surface area contributed by atoms with Crippen molar-refractivity contribution in [3.05, 3.63) is 77.9 Å². The molecule has 0 spiro atoms. The standard InChI is InChI=1S/C20H18O3/c1-23-20-17(13-18(21)15-10-6-3-7-11-15)16(12-19(20)22)14-8-4-2-5-9-14/h2-12,17,20H,13H2,1H3/t17-,20+/m1/s1. The number of ketones is 2. The van der Waals surface area contributed by atoms with Crippen molar-refractivity contribution in [2.75, 3.05) is 7.11 Å². The van der Waals surface area contributed by atoms with E-state index in [9.17, 15) is 9.59 Å². The maximum absolute atomic E-state index is 12.6. The first-order chi connectivity index (χ1) is 11.2. The summed E-state index contributed by atoms with van der Waals surface area (Å²) in [5, 5.41) is 0. The summed E-state index contributed by atoms with van der Waals surface area (Å²) in [5.41, 5.74) is 2.51. The summed E-state index contributed by atoms with van der Waals surface area (Å²) in [6.45, 7) is 0. The van der Waals surface area contributed by atoms with Crippen LogP contribution in [0.3, 0.4) is 0 Å².